The maximum Gasteiger partial charge on any atom is 0.222 e. The van der Waals surface area contributed by atoms with Crippen LogP contribution in [-0.4, -0.2) is 36.6 Å². The van der Waals surface area contributed by atoms with E-state index in [1.54, 1.807) is 30.1 Å². The van der Waals surface area contributed by atoms with Crippen LogP contribution in [0.1, 0.15) is 31.2 Å². The van der Waals surface area contributed by atoms with Crippen LogP contribution in [0.15, 0.2) is 18.2 Å². The first kappa shape index (κ1) is 16.3. The van der Waals surface area contributed by atoms with Crippen LogP contribution >= 0.6 is 0 Å². The van der Waals surface area contributed by atoms with Crippen LogP contribution in [0.4, 0.5) is 0 Å². The molecule has 5 nitrogen and oxygen atoms in total. The summed E-state index contributed by atoms with van der Waals surface area (Å²) in [5, 5.41) is 9.53. The fourth-order valence-corrected chi connectivity index (χ4v) is 1.97. The molecule has 0 atom stereocenters. The van der Waals surface area contributed by atoms with E-state index in [1.807, 2.05) is 0 Å². The van der Waals surface area contributed by atoms with E-state index in [9.17, 15) is 9.90 Å². The molecule has 0 heterocycles. The highest BCUT2D eigenvalue weighted by molar-refractivity contribution is 5.75. The SMILES string of the molecule is COc1cc(CN(C)C(=O)CCCCCN)ccc1O. The standard InChI is InChI=1S/C15H24N2O3/c1-17(15(19)6-4-3-5-9-16)11-12-7-8-13(18)14(10-12)20-2/h7-8,10,18H,3-6,9,11,16H2,1-2H3. The number of rotatable bonds is 8. The molecular formula is C15H24N2O3. The van der Waals surface area contributed by atoms with Gasteiger partial charge in [-0.2, -0.15) is 0 Å². The minimum Gasteiger partial charge on any atom is -0.504 e. The van der Waals surface area contributed by atoms with Gasteiger partial charge in [-0.1, -0.05) is 12.5 Å². The number of methoxy groups -OCH3 is 1. The Morgan fingerprint density at radius 2 is 2.10 bits per heavy atom. The highest BCUT2D eigenvalue weighted by Crippen LogP contribution is 2.26. The molecule has 5 heteroatoms. The second-order valence-electron chi connectivity index (χ2n) is 4.86. The van der Waals surface area contributed by atoms with Gasteiger partial charge in [0, 0.05) is 20.0 Å². The van der Waals surface area contributed by atoms with Gasteiger partial charge in [0.1, 0.15) is 0 Å². The van der Waals surface area contributed by atoms with Gasteiger partial charge < -0.3 is 20.5 Å². The first-order valence-corrected chi connectivity index (χ1v) is 6.88. The monoisotopic (exact) mass is 280 g/mol. The van der Waals surface area contributed by atoms with Crippen molar-refractivity contribution in [1.82, 2.24) is 4.90 Å². The molecule has 3 N–H and O–H groups in total. The molecule has 0 fully saturated rings. The lowest BCUT2D eigenvalue weighted by Crippen LogP contribution is -2.25. The number of unbranched alkanes of at least 4 members (excludes halogenated alkanes) is 2. The van der Waals surface area contributed by atoms with E-state index in [2.05, 4.69) is 0 Å². The largest absolute Gasteiger partial charge is 0.504 e. The van der Waals surface area contributed by atoms with Gasteiger partial charge >= 0.3 is 0 Å². The number of phenolic OH excluding ortho intramolecular Hbond substituents is 1. The molecule has 0 aliphatic heterocycles. The molecule has 1 amide bonds. The van der Waals surface area contributed by atoms with Gasteiger partial charge in [-0.05, 0) is 37.1 Å². The van der Waals surface area contributed by atoms with Gasteiger partial charge in [-0.15, -0.1) is 0 Å². The van der Waals surface area contributed by atoms with E-state index >= 15 is 0 Å². The fraction of sp³-hybridized carbons (Fsp3) is 0.533. The van der Waals surface area contributed by atoms with Crippen molar-refractivity contribution in [2.45, 2.75) is 32.2 Å². The summed E-state index contributed by atoms with van der Waals surface area (Å²) in [7, 11) is 3.29. The first-order valence-electron chi connectivity index (χ1n) is 6.88. The summed E-state index contributed by atoms with van der Waals surface area (Å²) in [6.07, 6.45) is 3.38. The first-order chi connectivity index (χ1) is 9.58. The third kappa shape index (κ3) is 5.09. The molecule has 0 bridgehead atoms. The van der Waals surface area contributed by atoms with Crippen LogP contribution in [0.3, 0.4) is 0 Å². The van der Waals surface area contributed by atoms with Crippen molar-refractivity contribution in [1.29, 1.82) is 0 Å². The number of carbonyl (C=O) groups is 1. The van der Waals surface area contributed by atoms with Gasteiger partial charge in [0.05, 0.1) is 7.11 Å². The van der Waals surface area contributed by atoms with Gasteiger partial charge in [-0.25, -0.2) is 0 Å². The number of phenols is 1. The highest BCUT2D eigenvalue weighted by atomic mass is 16.5. The second kappa shape index (κ2) is 8.43. The Hall–Kier alpha value is -1.75. The lowest BCUT2D eigenvalue weighted by atomic mass is 10.1. The summed E-state index contributed by atoms with van der Waals surface area (Å²) < 4.78 is 5.05. The fourth-order valence-electron chi connectivity index (χ4n) is 1.97. The smallest absolute Gasteiger partial charge is 0.222 e. The minimum absolute atomic E-state index is 0.104. The van der Waals surface area contributed by atoms with E-state index in [-0.39, 0.29) is 11.7 Å². The van der Waals surface area contributed by atoms with Gasteiger partial charge in [0.25, 0.3) is 0 Å². The number of ether oxygens (including phenoxy) is 1. The van der Waals surface area contributed by atoms with Crippen molar-refractivity contribution in [3.63, 3.8) is 0 Å². The Kier molecular flexibility index (Phi) is 6.87. The zero-order valence-electron chi connectivity index (χ0n) is 12.3. The molecule has 1 aromatic carbocycles. The number of hydrogen-bond acceptors (Lipinski definition) is 4. The number of aromatic hydroxyl groups is 1. The van der Waals surface area contributed by atoms with Gasteiger partial charge in [0.2, 0.25) is 5.91 Å². The summed E-state index contributed by atoms with van der Waals surface area (Å²) in [4.78, 5) is 13.6. The lowest BCUT2D eigenvalue weighted by molar-refractivity contribution is -0.130. The van der Waals surface area contributed by atoms with Crippen LogP contribution in [0.5, 0.6) is 11.5 Å². The maximum atomic E-state index is 11.9. The van der Waals surface area contributed by atoms with Crippen LogP contribution in [0, 0.1) is 0 Å². The Morgan fingerprint density at radius 3 is 2.75 bits per heavy atom. The summed E-state index contributed by atoms with van der Waals surface area (Å²) in [5.74, 6) is 0.646. The molecule has 0 aromatic heterocycles. The Labute approximate surface area is 120 Å². The minimum atomic E-state index is 0.104. The molecule has 0 spiro atoms. The predicted octanol–water partition coefficient (Wildman–Crippen LogP) is 1.88. The summed E-state index contributed by atoms with van der Waals surface area (Å²) in [5.41, 5.74) is 6.35. The van der Waals surface area contributed by atoms with Crippen molar-refractivity contribution < 1.29 is 14.6 Å². The van der Waals surface area contributed by atoms with Crippen LogP contribution < -0.4 is 10.5 Å². The van der Waals surface area contributed by atoms with Crippen molar-refractivity contribution >= 4 is 5.91 Å². The molecule has 112 valence electrons. The molecule has 1 aromatic rings. The van der Waals surface area contributed by atoms with Crippen LogP contribution in [0.25, 0.3) is 0 Å². The molecule has 20 heavy (non-hydrogen) atoms. The number of nitrogens with two attached hydrogens (primary N) is 1. The molecule has 0 aliphatic carbocycles. The van der Waals surface area contributed by atoms with Crippen LogP contribution in [0.2, 0.25) is 0 Å². The zero-order chi connectivity index (χ0) is 15.0. The van der Waals surface area contributed by atoms with Crippen molar-refractivity contribution in [2.24, 2.45) is 5.73 Å². The van der Waals surface area contributed by atoms with Crippen LogP contribution in [-0.2, 0) is 11.3 Å². The average Bonchev–Trinajstić information content (AvgIpc) is 2.45. The van der Waals surface area contributed by atoms with Crippen molar-refractivity contribution in [3.8, 4) is 11.5 Å². The summed E-state index contributed by atoms with van der Waals surface area (Å²) >= 11 is 0. The van der Waals surface area contributed by atoms with Crippen molar-refractivity contribution in [2.75, 3.05) is 20.7 Å². The number of amides is 1. The average molecular weight is 280 g/mol. The highest BCUT2D eigenvalue weighted by Gasteiger charge is 2.10. The Morgan fingerprint density at radius 1 is 1.35 bits per heavy atom. The maximum absolute atomic E-state index is 11.9. The summed E-state index contributed by atoms with van der Waals surface area (Å²) in [6.45, 7) is 1.18. The van der Waals surface area contributed by atoms with E-state index in [1.165, 1.54) is 7.11 Å². The molecule has 0 aliphatic rings. The predicted molar refractivity (Wildman–Crippen MR) is 78.7 cm³/mol. The zero-order valence-corrected chi connectivity index (χ0v) is 12.3. The Balaban J connectivity index is 2.48. The molecular weight excluding hydrogens is 256 g/mol. The Bertz CT molecular complexity index is 435. The number of carbonyl (C=O) groups excluding carboxylic acids is 1. The van der Waals surface area contributed by atoms with Crippen molar-refractivity contribution in [3.05, 3.63) is 23.8 Å². The van der Waals surface area contributed by atoms with E-state index in [0.29, 0.717) is 25.3 Å². The van der Waals surface area contributed by atoms with E-state index in [0.717, 1.165) is 24.8 Å². The topological polar surface area (TPSA) is 75.8 Å². The molecule has 1 rings (SSSR count). The molecule has 0 saturated heterocycles. The molecule has 0 unspecified atom stereocenters. The third-order valence-electron chi connectivity index (χ3n) is 3.18. The van der Waals surface area contributed by atoms with Gasteiger partial charge in [0.15, 0.2) is 11.5 Å². The molecule has 0 saturated carbocycles. The van der Waals surface area contributed by atoms with E-state index < -0.39 is 0 Å². The lowest BCUT2D eigenvalue weighted by Gasteiger charge is -2.18. The second-order valence-corrected chi connectivity index (χ2v) is 4.86. The quantitative estimate of drug-likeness (QED) is 0.713. The van der Waals surface area contributed by atoms with Gasteiger partial charge in [-0.3, -0.25) is 4.79 Å². The summed E-state index contributed by atoms with van der Waals surface area (Å²) in [6, 6.07) is 5.11. The number of nitrogens with zero attached hydrogens (tertiary/aromatic N) is 1. The van der Waals surface area contributed by atoms with E-state index in [4.69, 9.17) is 10.5 Å². The number of hydrogen-bond donors (Lipinski definition) is 2. The third-order valence-corrected chi connectivity index (χ3v) is 3.18. The molecule has 0 radical (unpaired) electrons. The number of benzene rings is 1. The normalized spacial score (nSPS) is 10.3.